The van der Waals surface area contributed by atoms with Gasteiger partial charge in [-0.1, -0.05) is 24.3 Å². The van der Waals surface area contributed by atoms with E-state index in [1.807, 2.05) is 24.3 Å². The Morgan fingerprint density at radius 1 is 1.07 bits per heavy atom. The number of benzene rings is 2. The second-order valence-electron chi connectivity index (χ2n) is 6.65. The normalized spacial score (nSPS) is 14.0. The highest BCUT2D eigenvalue weighted by atomic mass is 19.1. The molecule has 1 N–H and O–H groups in total. The van der Waals surface area contributed by atoms with E-state index in [1.165, 1.54) is 6.07 Å². The summed E-state index contributed by atoms with van der Waals surface area (Å²) in [5.74, 6) is -0.187. The van der Waals surface area contributed by atoms with Crippen molar-refractivity contribution >= 4 is 17.3 Å². The Morgan fingerprint density at radius 3 is 2.66 bits per heavy atom. The van der Waals surface area contributed by atoms with Crippen LogP contribution in [0.5, 0.6) is 0 Å². The summed E-state index contributed by atoms with van der Waals surface area (Å²) >= 11 is 0. The fraction of sp³-hybridized carbons (Fsp3) is 0.286. The number of hydrogen-bond donors (Lipinski definition) is 1. The molecule has 8 heteroatoms. The first kappa shape index (κ1) is 19.1. The van der Waals surface area contributed by atoms with Crippen LogP contribution in [0, 0.1) is 5.82 Å². The number of aromatic nitrogens is 2. The Morgan fingerprint density at radius 2 is 1.83 bits per heavy atom. The Labute approximate surface area is 167 Å². The summed E-state index contributed by atoms with van der Waals surface area (Å²) in [6.07, 6.45) is 0.448. The van der Waals surface area contributed by atoms with Crippen LogP contribution >= 0.6 is 0 Å². The summed E-state index contributed by atoms with van der Waals surface area (Å²) < 4.78 is 24.7. The topological polar surface area (TPSA) is 80.5 Å². The zero-order valence-corrected chi connectivity index (χ0v) is 15.8. The average molecular weight is 396 g/mol. The summed E-state index contributed by atoms with van der Waals surface area (Å²) in [5, 5.41) is 10.8. The Kier molecular flexibility index (Phi) is 5.81. The summed E-state index contributed by atoms with van der Waals surface area (Å²) in [6.45, 7) is 2.91. The van der Waals surface area contributed by atoms with Crippen LogP contribution in [0.15, 0.2) is 52.9 Å². The molecule has 0 unspecified atom stereocenters. The number of nitrogens with zero attached hydrogens (tertiary/aromatic N) is 3. The smallest absolute Gasteiger partial charge is 0.250 e. The fourth-order valence-corrected chi connectivity index (χ4v) is 3.19. The van der Waals surface area contributed by atoms with Crippen molar-refractivity contribution in [2.45, 2.75) is 12.8 Å². The number of aryl methyl sites for hydroxylation is 1. The van der Waals surface area contributed by atoms with Gasteiger partial charge in [0.2, 0.25) is 11.8 Å². The molecular formula is C21H21FN4O3. The van der Waals surface area contributed by atoms with E-state index in [-0.39, 0.29) is 30.2 Å². The molecule has 1 amide bonds. The number of amides is 1. The highest BCUT2D eigenvalue weighted by Gasteiger charge is 2.17. The lowest BCUT2D eigenvalue weighted by Gasteiger charge is -2.30. The molecule has 1 saturated heterocycles. The minimum Gasteiger partial charge on any atom is -0.421 e. The first-order valence-corrected chi connectivity index (χ1v) is 9.49. The Hall–Kier alpha value is -3.26. The maximum absolute atomic E-state index is 13.8. The van der Waals surface area contributed by atoms with Crippen molar-refractivity contribution in [3.63, 3.8) is 0 Å². The summed E-state index contributed by atoms with van der Waals surface area (Å²) in [5.41, 5.74) is 1.98. The van der Waals surface area contributed by atoms with E-state index in [0.29, 0.717) is 19.1 Å². The molecule has 0 saturated carbocycles. The van der Waals surface area contributed by atoms with Crippen LogP contribution in [0.25, 0.3) is 11.5 Å². The van der Waals surface area contributed by atoms with Gasteiger partial charge in [0.1, 0.15) is 5.82 Å². The first-order chi connectivity index (χ1) is 14.2. The molecule has 1 aromatic heterocycles. The van der Waals surface area contributed by atoms with E-state index in [0.717, 1.165) is 24.5 Å². The molecule has 29 heavy (non-hydrogen) atoms. The van der Waals surface area contributed by atoms with E-state index in [1.54, 1.807) is 18.2 Å². The van der Waals surface area contributed by atoms with Crippen molar-refractivity contribution in [2.24, 2.45) is 0 Å². The molecule has 1 aliphatic rings. The van der Waals surface area contributed by atoms with Crippen LogP contribution < -0.4 is 10.2 Å². The SMILES string of the molecule is O=C(CCc1nnc(-c2ccccc2F)o1)Nc1ccccc1N1CCOCC1. The number of morpholine rings is 1. The summed E-state index contributed by atoms with van der Waals surface area (Å²) in [4.78, 5) is 14.6. The van der Waals surface area contributed by atoms with Gasteiger partial charge in [0.15, 0.2) is 0 Å². The lowest BCUT2D eigenvalue weighted by Crippen LogP contribution is -2.36. The van der Waals surface area contributed by atoms with Gasteiger partial charge in [-0.2, -0.15) is 0 Å². The molecular weight excluding hydrogens is 375 g/mol. The first-order valence-electron chi connectivity index (χ1n) is 9.49. The van der Waals surface area contributed by atoms with E-state index in [4.69, 9.17) is 9.15 Å². The standard InChI is InChI=1S/C21H21FN4O3/c22-16-6-2-1-5-15(16)21-25-24-20(29-21)10-9-19(27)23-17-7-3-4-8-18(17)26-11-13-28-14-12-26/h1-8H,9-14H2,(H,23,27). The number of anilines is 2. The van der Waals surface area contributed by atoms with E-state index >= 15 is 0 Å². The maximum atomic E-state index is 13.8. The van der Waals surface area contributed by atoms with Crippen LogP contribution in [-0.4, -0.2) is 42.4 Å². The largest absolute Gasteiger partial charge is 0.421 e. The van der Waals surface area contributed by atoms with Crippen LogP contribution in [0.4, 0.5) is 15.8 Å². The molecule has 0 spiro atoms. The number of ether oxygens (including phenoxy) is 1. The van der Waals surface area contributed by atoms with Crippen LogP contribution in [-0.2, 0) is 16.0 Å². The predicted molar refractivity (Wildman–Crippen MR) is 106 cm³/mol. The van der Waals surface area contributed by atoms with Crippen LogP contribution in [0.2, 0.25) is 0 Å². The molecule has 0 aliphatic carbocycles. The van der Waals surface area contributed by atoms with Crippen molar-refractivity contribution in [3.05, 3.63) is 60.2 Å². The van der Waals surface area contributed by atoms with E-state index < -0.39 is 5.82 Å². The number of halogens is 1. The molecule has 150 valence electrons. The molecule has 0 bridgehead atoms. The Bertz CT molecular complexity index is 985. The van der Waals surface area contributed by atoms with Crippen LogP contribution in [0.3, 0.4) is 0 Å². The van der Waals surface area contributed by atoms with Crippen LogP contribution in [0.1, 0.15) is 12.3 Å². The molecule has 0 atom stereocenters. The molecule has 2 aromatic carbocycles. The second kappa shape index (κ2) is 8.83. The molecule has 0 radical (unpaired) electrons. The average Bonchev–Trinajstić information content (AvgIpc) is 3.22. The zero-order chi connectivity index (χ0) is 20.1. The molecule has 1 fully saturated rings. The zero-order valence-electron chi connectivity index (χ0n) is 15.8. The third-order valence-electron chi connectivity index (χ3n) is 4.67. The molecule has 2 heterocycles. The fourth-order valence-electron chi connectivity index (χ4n) is 3.19. The number of carbonyl (C=O) groups excluding carboxylic acids is 1. The van der Waals surface area contributed by atoms with E-state index in [2.05, 4.69) is 20.4 Å². The third-order valence-corrected chi connectivity index (χ3v) is 4.67. The molecule has 7 nitrogen and oxygen atoms in total. The molecule has 1 aliphatic heterocycles. The van der Waals surface area contributed by atoms with Crippen molar-refractivity contribution in [3.8, 4) is 11.5 Å². The highest BCUT2D eigenvalue weighted by Crippen LogP contribution is 2.27. The lowest BCUT2D eigenvalue weighted by molar-refractivity contribution is -0.116. The Balaban J connectivity index is 1.37. The van der Waals surface area contributed by atoms with E-state index in [9.17, 15) is 9.18 Å². The number of para-hydroxylation sites is 2. The monoisotopic (exact) mass is 396 g/mol. The van der Waals surface area contributed by atoms with Crippen molar-refractivity contribution < 1.29 is 18.3 Å². The highest BCUT2D eigenvalue weighted by molar-refractivity contribution is 5.94. The van der Waals surface area contributed by atoms with Gasteiger partial charge in [-0.15, -0.1) is 10.2 Å². The molecule has 4 rings (SSSR count). The quantitative estimate of drug-likeness (QED) is 0.689. The van der Waals surface area contributed by atoms with Gasteiger partial charge in [-0.3, -0.25) is 4.79 Å². The van der Waals surface area contributed by atoms with Gasteiger partial charge in [0.05, 0.1) is 30.2 Å². The maximum Gasteiger partial charge on any atom is 0.250 e. The van der Waals surface area contributed by atoms with Gasteiger partial charge < -0.3 is 19.4 Å². The minimum atomic E-state index is -0.430. The lowest BCUT2D eigenvalue weighted by atomic mass is 10.2. The van der Waals surface area contributed by atoms with Gasteiger partial charge in [0, 0.05) is 25.9 Å². The van der Waals surface area contributed by atoms with Gasteiger partial charge in [-0.25, -0.2) is 4.39 Å². The summed E-state index contributed by atoms with van der Waals surface area (Å²) in [6, 6.07) is 13.9. The summed E-state index contributed by atoms with van der Waals surface area (Å²) in [7, 11) is 0. The van der Waals surface area contributed by atoms with Crippen molar-refractivity contribution in [2.75, 3.05) is 36.5 Å². The number of hydrogen-bond acceptors (Lipinski definition) is 6. The second-order valence-corrected chi connectivity index (χ2v) is 6.65. The van der Waals surface area contributed by atoms with Gasteiger partial charge in [-0.05, 0) is 24.3 Å². The van der Waals surface area contributed by atoms with Gasteiger partial charge >= 0.3 is 0 Å². The van der Waals surface area contributed by atoms with Gasteiger partial charge in [0.25, 0.3) is 5.89 Å². The third kappa shape index (κ3) is 4.60. The number of carbonyl (C=O) groups is 1. The number of rotatable bonds is 6. The van der Waals surface area contributed by atoms with Crippen molar-refractivity contribution in [1.82, 2.24) is 10.2 Å². The number of nitrogens with one attached hydrogen (secondary N) is 1. The minimum absolute atomic E-state index is 0.108. The molecule has 3 aromatic rings. The van der Waals surface area contributed by atoms with Crippen molar-refractivity contribution in [1.29, 1.82) is 0 Å². The predicted octanol–water partition coefficient (Wildman–Crippen LogP) is 3.28.